The molecule has 1 unspecified atom stereocenters. The average Bonchev–Trinajstić information content (AvgIpc) is 3.13. The summed E-state index contributed by atoms with van der Waals surface area (Å²) in [6.45, 7) is 5.19. The average molecular weight is 451 g/mol. The van der Waals surface area contributed by atoms with Crippen LogP contribution in [0.3, 0.4) is 0 Å². The van der Waals surface area contributed by atoms with Crippen LogP contribution in [-0.2, 0) is 14.3 Å². The first-order valence-corrected chi connectivity index (χ1v) is 9.81. The monoisotopic (exact) mass is 451 g/mol. The van der Waals surface area contributed by atoms with Gasteiger partial charge in [0.1, 0.15) is 23.2 Å². The molecule has 0 saturated carbocycles. The zero-order valence-corrected chi connectivity index (χ0v) is 21.2. The van der Waals surface area contributed by atoms with E-state index >= 15 is 0 Å². The Balaban J connectivity index is 0.00000363. The molecule has 1 aliphatic heterocycles. The predicted octanol–water partition coefficient (Wildman–Crippen LogP) is -0.166. The smallest absolute Gasteiger partial charge is 0.547 e. The fourth-order valence-corrected chi connectivity index (χ4v) is 3.59. The van der Waals surface area contributed by atoms with Crippen LogP contribution < -0.4 is 44.1 Å². The number of hydrogen-bond acceptors (Lipinski definition) is 7. The van der Waals surface area contributed by atoms with Gasteiger partial charge in [-0.3, -0.25) is 4.90 Å². The van der Waals surface area contributed by atoms with E-state index in [1.165, 1.54) is 19.1 Å². The maximum atomic E-state index is 13.3. The van der Waals surface area contributed by atoms with Gasteiger partial charge in [-0.05, 0) is 38.5 Å². The normalized spacial score (nSPS) is 20.3. The van der Waals surface area contributed by atoms with E-state index in [4.69, 9.17) is 18.9 Å². The Kier molecular flexibility index (Phi) is 8.59. The summed E-state index contributed by atoms with van der Waals surface area (Å²) in [6, 6.07) is 12.9. The Morgan fingerprint density at radius 3 is 2.00 bits per heavy atom. The van der Waals surface area contributed by atoms with Crippen molar-refractivity contribution >= 4 is 12.1 Å². The molecule has 0 radical (unpaired) electrons. The SMILES string of the molecule is COc1cccc(OC)c1C1O[C@@H](C(=O)[O-])[C@H](c2ccccc2)N1C(=O)OC(C)(C)C.[Na+]. The molecular formula is C23H26NNaO7. The molecule has 2 aromatic carbocycles. The second-order valence-electron chi connectivity index (χ2n) is 8.05. The van der Waals surface area contributed by atoms with Crippen LogP contribution in [0.2, 0.25) is 0 Å². The van der Waals surface area contributed by atoms with Crippen molar-refractivity contribution in [1.29, 1.82) is 0 Å². The summed E-state index contributed by atoms with van der Waals surface area (Å²) >= 11 is 0. The van der Waals surface area contributed by atoms with E-state index in [-0.39, 0.29) is 29.6 Å². The Morgan fingerprint density at radius 2 is 1.53 bits per heavy atom. The molecule has 2 aromatic rings. The number of carbonyl (C=O) groups is 2. The number of amides is 1. The van der Waals surface area contributed by atoms with E-state index in [0.29, 0.717) is 22.6 Å². The second-order valence-corrected chi connectivity index (χ2v) is 8.05. The van der Waals surface area contributed by atoms with E-state index in [2.05, 4.69) is 0 Å². The summed E-state index contributed by atoms with van der Waals surface area (Å²) in [6.07, 6.45) is -3.31. The van der Waals surface area contributed by atoms with E-state index in [0.717, 1.165) is 0 Å². The zero-order chi connectivity index (χ0) is 22.8. The molecule has 1 heterocycles. The minimum absolute atomic E-state index is 0. The van der Waals surface area contributed by atoms with Crippen LogP contribution in [0, 0.1) is 0 Å². The maximum absolute atomic E-state index is 13.3. The second kappa shape index (κ2) is 10.6. The van der Waals surface area contributed by atoms with Gasteiger partial charge in [-0.25, -0.2) is 4.79 Å². The molecule has 8 nitrogen and oxygen atoms in total. The van der Waals surface area contributed by atoms with Crippen molar-refractivity contribution in [2.24, 2.45) is 0 Å². The number of benzene rings is 2. The van der Waals surface area contributed by atoms with Gasteiger partial charge in [-0.2, -0.15) is 0 Å². The van der Waals surface area contributed by atoms with Gasteiger partial charge in [0.2, 0.25) is 0 Å². The summed E-state index contributed by atoms with van der Waals surface area (Å²) in [5, 5.41) is 12.0. The molecule has 0 spiro atoms. The minimum Gasteiger partial charge on any atom is -0.547 e. The summed E-state index contributed by atoms with van der Waals surface area (Å²) in [7, 11) is 2.94. The molecule has 1 saturated heterocycles. The molecule has 3 atom stereocenters. The van der Waals surface area contributed by atoms with Crippen molar-refractivity contribution in [2.45, 2.75) is 44.7 Å². The third-order valence-electron chi connectivity index (χ3n) is 4.81. The summed E-state index contributed by atoms with van der Waals surface area (Å²) in [4.78, 5) is 26.6. The number of carboxylic acid groups (broad SMARTS) is 1. The number of aliphatic carboxylic acids is 1. The molecule has 1 fully saturated rings. The fraction of sp³-hybridized carbons (Fsp3) is 0.391. The van der Waals surface area contributed by atoms with E-state index in [1.807, 2.05) is 0 Å². The van der Waals surface area contributed by atoms with Crippen LogP contribution >= 0.6 is 0 Å². The van der Waals surface area contributed by atoms with Gasteiger partial charge in [0, 0.05) is 0 Å². The molecule has 32 heavy (non-hydrogen) atoms. The summed E-state index contributed by atoms with van der Waals surface area (Å²) in [5.41, 5.74) is 0.134. The standard InChI is InChI=1S/C23H27NO7.Na/c1-23(2,3)31-22(27)24-18(14-10-7-6-8-11-14)19(21(25)26)30-20(24)17-15(28-4)12-9-13-16(17)29-5;/h6-13,18-20H,1-5H3,(H,25,26);/q;+1/p-1/t18-,19+,20?;/m0./s1. The van der Waals surface area contributed by atoms with Crippen molar-refractivity contribution in [3.8, 4) is 11.5 Å². The molecule has 1 amide bonds. The van der Waals surface area contributed by atoms with Crippen LogP contribution in [0.5, 0.6) is 11.5 Å². The molecule has 9 heteroatoms. The zero-order valence-electron chi connectivity index (χ0n) is 19.2. The molecule has 3 rings (SSSR count). The maximum Gasteiger partial charge on any atom is 1.00 e. The van der Waals surface area contributed by atoms with Crippen molar-refractivity contribution in [1.82, 2.24) is 4.90 Å². The third kappa shape index (κ3) is 5.38. The Hall–Kier alpha value is -2.26. The van der Waals surface area contributed by atoms with Crippen molar-refractivity contribution in [3.63, 3.8) is 0 Å². The number of nitrogens with zero attached hydrogens (tertiary/aromatic N) is 1. The molecule has 0 aliphatic carbocycles. The summed E-state index contributed by atoms with van der Waals surface area (Å²) < 4.78 is 22.5. The van der Waals surface area contributed by atoms with E-state index in [1.54, 1.807) is 69.3 Å². The van der Waals surface area contributed by atoms with Gasteiger partial charge in [0.05, 0.1) is 31.8 Å². The van der Waals surface area contributed by atoms with Gasteiger partial charge >= 0.3 is 35.7 Å². The Labute approximate surface area is 209 Å². The number of ether oxygens (including phenoxy) is 4. The van der Waals surface area contributed by atoms with Gasteiger partial charge < -0.3 is 28.8 Å². The number of carbonyl (C=O) groups excluding carboxylic acids is 2. The molecule has 0 aromatic heterocycles. The van der Waals surface area contributed by atoms with Crippen LogP contribution in [0.25, 0.3) is 0 Å². The van der Waals surface area contributed by atoms with E-state index in [9.17, 15) is 14.7 Å². The largest absolute Gasteiger partial charge is 1.00 e. The first kappa shape index (κ1) is 26.0. The Morgan fingerprint density at radius 1 is 0.969 bits per heavy atom. The minimum atomic E-state index is -1.45. The molecular weight excluding hydrogens is 425 g/mol. The van der Waals surface area contributed by atoms with Crippen molar-refractivity contribution in [3.05, 3.63) is 59.7 Å². The van der Waals surface area contributed by atoms with Crippen LogP contribution in [0.15, 0.2) is 48.5 Å². The first-order valence-electron chi connectivity index (χ1n) is 9.81. The van der Waals surface area contributed by atoms with E-state index < -0.39 is 36.0 Å². The van der Waals surface area contributed by atoms with Crippen molar-refractivity contribution in [2.75, 3.05) is 14.2 Å². The van der Waals surface area contributed by atoms with Crippen LogP contribution in [0.1, 0.15) is 44.2 Å². The van der Waals surface area contributed by atoms with Gasteiger partial charge in [0.15, 0.2) is 6.23 Å². The fourth-order valence-electron chi connectivity index (χ4n) is 3.59. The number of rotatable bonds is 5. The van der Waals surface area contributed by atoms with Gasteiger partial charge in [-0.15, -0.1) is 0 Å². The van der Waals surface area contributed by atoms with Crippen molar-refractivity contribution < 1.29 is 63.2 Å². The molecule has 1 aliphatic rings. The summed E-state index contributed by atoms with van der Waals surface area (Å²) in [5.74, 6) is -0.689. The van der Waals surface area contributed by atoms with Gasteiger partial charge in [0.25, 0.3) is 0 Å². The van der Waals surface area contributed by atoms with Crippen LogP contribution in [-0.4, -0.2) is 42.9 Å². The first-order chi connectivity index (χ1) is 14.7. The topological polar surface area (TPSA) is 97.4 Å². The number of methoxy groups -OCH3 is 2. The molecule has 0 N–H and O–H groups in total. The number of carboxylic acids is 1. The number of hydrogen-bond donors (Lipinski definition) is 0. The third-order valence-corrected chi connectivity index (χ3v) is 4.81. The van der Waals surface area contributed by atoms with Gasteiger partial charge in [-0.1, -0.05) is 36.4 Å². The predicted molar refractivity (Wildman–Crippen MR) is 109 cm³/mol. The molecule has 166 valence electrons. The Bertz CT molecular complexity index is 923. The molecule has 0 bridgehead atoms. The quantitative estimate of drug-likeness (QED) is 0.583. The van der Waals surface area contributed by atoms with Crippen LogP contribution in [0.4, 0.5) is 4.79 Å².